The molecule has 0 N–H and O–H groups in total. The summed E-state index contributed by atoms with van der Waals surface area (Å²) in [5.74, 6) is 0.948. The topological polar surface area (TPSA) is 71.4 Å². The maximum absolute atomic E-state index is 13.3. The van der Waals surface area contributed by atoms with E-state index in [0.717, 1.165) is 5.56 Å². The largest absolute Gasteiger partial charge is 0.486 e. The van der Waals surface area contributed by atoms with Crippen LogP contribution in [0.15, 0.2) is 59.7 Å². The molecule has 2 amide bonds. The van der Waals surface area contributed by atoms with Gasteiger partial charge in [0.25, 0.3) is 5.91 Å². The summed E-state index contributed by atoms with van der Waals surface area (Å²) in [6.45, 7) is 1.33. The second kappa shape index (κ2) is 8.82. The van der Waals surface area contributed by atoms with Crippen molar-refractivity contribution in [3.8, 4) is 11.5 Å². The summed E-state index contributed by atoms with van der Waals surface area (Å²) in [7, 11) is 1.57. The third-order valence-electron chi connectivity index (χ3n) is 4.93. The van der Waals surface area contributed by atoms with Gasteiger partial charge in [-0.05, 0) is 17.7 Å². The Kier molecular flexibility index (Phi) is 5.79. The molecule has 0 atom stereocenters. The first-order chi connectivity index (χ1) is 14.6. The summed E-state index contributed by atoms with van der Waals surface area (Å²) in [6, 6.07) is 15.3. The second-order valence-electron chi connectivity index (χ2n) is 7.02. The minimum Gasteiger partial charge on any atom is -0.486 e. The zero-order valence-corrected chi connectivity index (χ0v) is 16.8. The van der Waals surface area contributed by atoms with Crippen LogP contribution >= 0.6 is 0 Å². The standard InChI is InChI=1S/C23H23N3O4/c1-25-22(27)12-10-19(24-25)23(28)26(13-5-8-17-6-3-2-4-7-17)18-9-11-20-21(16-18)30-15-14-29-20/h2-9,11,16H,10,12-15H2,1H3/b8-5+. The average molecular weight is 405 g/mol. The highest BCUT2D eigenvalue weighted by atomic mass is 16.6. The SMILES string of the molecule is CN1N=C(C(=O)N(C/C=C/c2ccccc2)c2ccc3c(c2)OCCO3)CCC1=O. The van der Waals surface area contributed by atoms with Crippen LogP contribution in [0, 0.1) is 0 Å². The van der Waals surface area contributed by atoms with E-state index in [9.17, 15) is 9.59 Å². The number of anilines is 1. The van der Waals surface area contributed by atoms with Crippen molar-refractivity contribution in [1.82, 2.24) is 5.01 Å². The van der Waals surface area contributed by atoms with E-state index in [-0.39, 0.29) is 18.2 Å². The molecular weight excluding hydrogens is 382 g/mol. The first-order valence-electron chi connectivity index (χ1n) is 9.89. The molecule has 2 aliphatic rings. The van der Waals surface area contributed by atoms with Crippen molar-refractivity contribution < 1.29 is 19.1 Å². The predicted octanol–water partition coefficient (Wildman–Crippen LogP) is 3.11. The number of hydrazone groups is 1. The maximum atomic E-state index is 13.3. The van der Waals surface area contributed by atoms with Crippen LogP contribution in [0.1, 0.15) is 18.4 Å². The number of benzene rings is 2. The fourth-order valence-corrected chi connectivity index (χ4v) is 3.34. The van der Waals surface area contributed by atoms with E-state index in [1.807, 2.05) is 54.6 Å². The summed E-state index contributed by atoms with van der Waals surface area (Å²) in [5, 5.41) is 5.43. The molecule has 0 saturated carbocycles. The van der Waals surface area contributed by atoms with Gasteiger partial charge in [0, 0.05) is 38.2 Å². The van der Waals surface area contributed by atoms with Gasteiger partial charge in [-0.15, -0.1) is 0 Å². The van der Waals surface area contributed by atoms with Crippen LogP contribution < -0.4 is 14.4 Å². The number of ether oxygens (including phenoxy) is 2. The minimum atomic E-state index is -0.233. The summed E-state index contributed by atoms with van der Waals surface area (Å²) < 4.78 is 11.3. The van der Waals surface area contributed by atoms with E-state index in [2.05, 4.69) is 5.10 Å². The quantitative estimate of drug-likeness (QED) is 0.766. The van der Waals surface area contributed by atoms with Gasteiger partial charge in [-0.25, -0.2) is 5.01 Å². The summed E-state index contributed by atoms with van der Waals surface area (Å²) >= 11 is 0. The Morgan fingerprint density at radius 2 is 1.87 bits per heavy atom. The Bertz CT molecular complexity index is 1000. The zero-order valence-electron chi connectivity index (χ0n) is 16.8. The average Bonchev–Trinajstić information content (AvgIpc) is 2.78. The molecule has 0 unspecified atom stereocenters. The molecule has 154 valence electrons. The van der Waals surface area contributed by atoms with Crippen LogP contribution in [-0.2, 0) is 9.59 Å². The van der Waals surface area contributed by atoms with Gasteiger partial charge < -0.3 is 14.4 Å². The number of rotatable bonds is 5. The van der Waals surface area contributed by atoms with Crippen molar-refractivity contribution in [2.24, 2.45) is 5.10 Å². The van der Waals surface area contributed by atoms with Crippen molar-refractivity contribution in [2.45, 2.75) is 12.8 Å². The fraction of sp³-hybridized carbons (Fsp3) is 0.261. The van der Waals surface area contributed by atoms with Crippen molar-refractivity contribution in [3.63, 3.8) is 0 Å². The van der Waals surface area contributed by atoms with Gasteiger partial charge in [-0.1, -0.05) is 42.5 Å². The van der Waals surface area contributed by atoms with Crippen molar-refractivity contribution >= 4 is 29.3 Å². The Morgan fingerprint density at radius 1 is 1.10 bits per heavy atom. The third-order valence-corrected chi connectivity index (χ3v) is 4.93. The molecular formula is C23H23N3O4. The Balaban J connectivity index is 1.62. The number of amides is 2. The highest BCUT2D eigenvalue weighted by molar-refractivity contribution is 6.44. The summed E-state index contributed by atoms with van der Waals surface area (Å²) in [4.78, 5) is 26.7. The molecule has 7 heteroatoms. The first-order valence-corrected chi connectivity index (χ1v) is 9.89. The second-order valence-corrected chi connectivity index (χ2v) is 7.02. The lowest BCUT2D eigenvalue weighted by atomic mass is 10.1. The van der Waals surface area contributed by atoms with Gasteiger partial charge in [-0.3, -0.25) is 9.59 Å². The van der Waals surface area contributed by atoms with Crippen LogP contribution in [0.2, 0.25) is 0 Å². The lowest BCUT2D eigenvalue weighted by Gasteiger charge is -2.27. The molecule has 0 bridgehead atoms. The monoisotopic (exact) mass is 405 g/mol. The molecule has 0 aromatic heterocycles. The molecule has 2 aliphatic heterocycles. The fourth-order valence-electron chi connectivity index (χ4n) is 3.34. The van der Waals surface area contributed by atoms with Crippen LogP contribution in [0.25, 0.3) is 6.08 Å². The highest BCUT2D eigenvalue weighted by Crippen LogP contribution is 2.34. The highest BCUT2D eigenvalue weighted by Gasteiger charge is 2.27. The molecule has 2 aromatic carbocycles. The van der Waals surface area contributed by atoms with Gasteiger partial charge in [0.1, 0.15) is 18.9 Å². The zero-order chi connectivity index (χ0) is 20.9. The van der Waals surface area contributed by atoms with Crippen LogP contribution in [0.5, 0.6) is 11.5 Å². The molecule has 30 heavy (non-hydrogen) atoms. The maximum Gasteiger partial charge on any atom is 0.274 e. The van der Waals surface area contributed by atoms with Crippen molar-refractivity contribution in [1.29, 1.82) is 0 Å². The number of nitrogens with zero attached hydrogens (tertiary/aromatic N) is 3. The first kappa shape index (κ1) is 19.7. The predicted molar refractivity (Wildman–Crippen MR) is 115 cm³/mol. The minimum absolute atomic E-state index is 0.0959. The van der Waals surface area contributed by atoms with Gasteiger partial charge in [0.05, 0.1) is 0 Å². The third kappa shape index (κ3) is 4.35. The summed E-state index contributed by atoms with van der Waals surface area (Å²) in [5.41, 5.74) is 2.09. The van der Waals surface area contributed by atoms with E-state index < -0.39 is 0 Å². The van der Waals surface area contributed by atoms with E-state index in [1.54, 1.807) is 18.0 Å². The van der Waals surface area contributed by atoms with Crippen LogP contribution in [0.4, 0.5) is 5.69 Å². The number of carbonyl (C=O) groups excluding carboxylic acids is 2. The van der Waals surface area contributed by atoms with Gasteiger partial charge in [0.15, 0.2) is 11.5 Å². The lowest BCUT2D eigenvalue weighted by molar-refractivity contribution is -0.130. The smallest absolute Gasteiger partial charge is 0.274 e. The van der Waals surface area contributed by atoms with Crippen molar-refractivity contribution in [2.75, 3.05) is 31.7 Å². The van der Waals surface area contributed by atoms with E-state index in [0.29, 0.717) is 49.1 Å². The molecule has 4 rings (SSSR count). The number of fused-ring (bicyclic) bond motifs is 1. The van der Waals surface area contributed by atoms with Crippen LogP contribution in [0.3, 0.4) is 0 Å². The van der Waals surface area contributed by atoms with Gasteiger partial charge >= 0.3 is 0 Å². The summed E-state index contributed by atoms with van der Waals surface area (Å²) in [6.07, 6.45) is 4.50. The molecule has 0 fully saturated rings. The number of hydrogen-bond acceptors (Lipinski definition) is 5. The number of hydrogen-bond donors (Lipinski definition) is 0. The van der Waals surface area contributed by atoms with E-state index >= 15 is 0 Å². The Morgan fingerprint density at radius 3 is 2.63 bits per heavy atom. The normalized spacial score (nSPS) is 15.8. The van der Waals surface area contributed by atoms with Gasteiger partial charge in [-0.2, -0.15) is 5.10 Å². The van der Waals surface area contributed by atoms with E-state index in [1.165, 1.54) is 5.01 Å². The molecule has 0 aliphatic carbocycles. The van der Waals surface area contributed by atoms with Gasteiger partial charge in [0.2, 0.25) is 5.91 Å². The Hall–Kier alpha value is -3.61. The Labute approximate surface area is 175 Å². The molecule has 2 heterocycles. The molecule has 0 radical (unpaired) electrons. The van der Waals surface area contributed by atoms with Crippen molar-refractivity contribution in [3.05, 3.63) is 60.2 Å². The number of carbonyl (C=O) groups is 2. The van der Waals surface area contributed by atoms with E-state index in [4.69, 9.17) is 9.47 Å². The lowest BCUT2D eigenvalue weighted by Crippen LogP contribution is -2.41. The molecule has 7 nitrogen and oxygen atoms in total. The van der Waals surface area contributed by atoms with Crippen LogP contribution in [-0.4, -0.2) is 49.3 Å². The molecule has 0 spiro atoms. The molecule has 2 aromatic rings. The molecule has 0 saturated heterocycles.